The molecule has 0 aliphatic carbocycles. The standard InChI is InChI=1S/C34H38FN3O3/c1-24(39)38-22-29-21-31(27-12-10-26(11-13-27)9-6-20-41-30-16-14-28(35)15-17-30)33(32(23-38)36-29)34(40)37(2)19-18-25-7-4-3-5-8-25/h3-5,7-8,10-17,29,32,36H,6,9,18-23H2,1-2H3/t29?,32-/m1/s1. The topological polar surface area (TPSA) is 61.9 Å². The van der Waals surface area contributed by atoms with E-state index in [1.165, 1.54) is 23.3 Å². The van der Waals surface area contributed by atoms with Crippen LogP contribution >= 0.6 is 0 Å². The SMILES string of the molecule is CC(=O)N1CC2CC(c3ccc(CCCOc4ccc(F)cc4)cc3)=C(C(=O)N(C)CCc3ccccc3)[C@@H](C1)N2. The molecule has 2 amide bonds. The van der Waals surface area contributed by atoms with Crippen LogP contribution in [0.3, 0.4) is 0 Å². The van der Waals surface area contributed by atoms with Crippen LogP contribution in [0.4, 0.5) is 4.39 Å². The lowest BCUT2D eigenvalue weighted by molar-refractivity contribution is -0.132. The number of piperazine rings is 1. The molecule has 3 aromatic rings. The summed E-state index contributed by atoms with van der Waals surface area (Å²) in [5, 5.41) is 3.63. The Morgan fingerprint density at radius 2 is 1.66 bits per heavy atom. The maximum Gasteiger partial charge on any atom is 0.251 e. The largest absolute Gasteiger partial charge is 0.494 e. The van der Waals surface area contributed by atoms with Crippen molar-refractivity contribution in [2.45, 2.75) is 44.7 Å². The third-order valence-electron chi connectivity index (χ3n) is 8.00. The van der Waals surface area contributed by atoms with E-state index in [-0.39, 0.29) is 29.7 Å². The number of carbonyl (C=O) groups excluding carboxylic acids is 2. The fourth-order valence-electron chi connectivity index (χ4n) is 5.74. The third kappa shape index (κ3) is 7.22. The van der Waals surface area contributed by atoms with Gasteiger partial charge in [0.25, 0.3) is 5.91 Å². The molecule has 7 heteroatoms. The summed E-state index contributed by atoms with van der Waals surface area (Å²) in [5.74, 6) is 0.449. The van der Waals surface area contributed by atoms with Crippen molar-refractivity contribution < 1.29 is 18.7 Å². The molecule has 2 bridgehead atoms. The number of amides is 2. The van der Waals surface area contributed by atoms with E-state index in [9.17, 15) is 14.0 Å². The lowest BCUT2D eigenvalue weighted by Crippen LogP contribution is -2.61. The van der Waals surface area contributed by atoms with Crippen LogP contribution in [0.1, 0.15) is 36.5 Å². The van der Waals surface area contributed by atoms with Crippen molar-refractivity contribution in [2.24, 2.45) is 0 Å². The molecule has 1 N–H and O–H groups in total. The predicted octanol–water partition coefficient (Wildman–Crippen LogP) is 4.88. The van der Waals surface area contributed by atoms with Gasteiger partial charge in [0.15, 0.2) is 0 Å². The summed E-state index contributed by atoms with van der Waals surface area (Å²) >= 11 is 0. The number of halogens is 1. The molecule has 2 aliphatic rings. The zero-order valence-corrected chi connectivity index (χ0v) is 23.8. The number of nitrogens with one attached hydrogen (secondary N) is 1. The zero-order chi connectivity index (χ0) is 28.8. The van der Waals surface area contributed by atoms with Gasteiger partial charge in [-0.1, -0.05) is 54.6 Å². The first kappa shape index (κ1) is 28.6. The molecule has 6 nitrogen and oxygen atoms in total. The summed E-state index contributed by atoms with van der Waals surface area (Å²) in [6.07, 6.45) is 3.17. The molecule has 5 rings (SSSR count). The second kappa shape index (κ2) is 13.1. The van der Waals surface area contributed by atoms with Crippen LogP contribution in [0.25, 0.3) is 5.57 Å². The Labute approximate surface area is 241 Å². The Balaban J connectivity index is 1.30. The minimum absolute atomic E-state index is 0.0132. The van der Waals surface area contributed by atoms with Crippen LogP contribution in [-0.4, -0.2) is 67.0 Å². The smallest absolute Gasteiger partial charge is 0.251 e. The molecule has 1 fully saturated rings. The highest BCUT2D eigenvalue weighted by molar-refractivity contribution is 6.03. The number of fused-ring (bicyclic) bond motifs is 2. The second-order valence-corrected chi connectivity index (χ2v) is 11.0. The Morgan fingerprint density at radius 1 is 0.951 bits per heavy atom. The second-order valence-electron chi connectivity index (χ2n) is 11.0. The highest BCUT2D eigenvalue weighted by Crippen LogP contribution is 2.34. The highest BCUT2D eigenvalue weighted by Gasteiger charge is 2.39. The molecule has 2 heterocycles. The maximum atomic E-state index is 13.9. The number of likely N-dealkylation sites (N-methyl/N-ethyl adjacent to an activating group) is 1. The van der Waals surface area contributed by atoms with Gasteiger partial charge < -0.3 is 19.9 Å². The molecular weight excluding hydrogens is 517 g/mol. The zero-order valence-electron chi connectivity index (χ0n) is 23.8. The van der Waals surface area contributed by atoms with Crippen LogP contribution in [0.15, 0.2) is 84.4 Å². The number of benzene rings is 3. The molecule has 3 aromatic carbocycles. The van der Waals surface area contributed by atoms with Gasteiger partial charge in [-0.2, -0.15) is 0 Å². The van der Waals surface area contributed by atoms with E-state index in [0.717, 1.165) is 36.0 Å². The van der Waals surface area contributed by atoms with Gasteiger partial charge in [0, 0.05) is 45.2 Å². The van der Waals surface area contributed by atoms with Gasteiger partial charge in [-0.15, -0.1) is 0 Å². The minimum Gasteiger partial charge on any atom is -0.494 e. The van der Waals surface area contributed by atoms with Crippen LogP contribution in [0.2, 0.25) is 0 Å². The molecule has 41 heavy (non-hydrogen) atoms. The van der Waals surface area contributed by atoms with Crippen molar-refractivity contribution in [1.82, 2.24) is 15.1 Å². The first-order chi connectivity index (χ1) is 19.9. The number of hydrogen-bond donors (Lipinski definition) is 1. The molecule has 2 atom stereocenters. The monoisotopic (exact) mass is 555 g/mol. The average molecular weight is 556 g/mol. The summed E-state index contributed by atoms with van der Waals surface area (Å²) in [6, 6.07) is 24.7. The summed E-state index contributed by atoms with van der Waals surface area (Å²) in [6.45, 7) is 3.91. The Kier molecular flexibility index (Phi) is 9.14. The highest BCUT2D eigenvalue weighted by atomic mass is 19.1. The number of ether oxygens (including phenoxy) is 1. The molecule has 0 aromatic heterocycles. The van der Waals surface area contributed by atoms with E-state index < -0.39 is 0 Å². The summed E-state index contributed by atoms with van der Waals surface area (Å²) in [7, 11) is 1.87. The molecule has 2 aliphatic heterocycles. The lowest BCUT2D eigenvalue weighted by Gasteiger charge is -2.44. The summed E-state index contributed by atoms with van der Waals surface area (Å²) < 4.78 is 18.8. The van der Waals surface area contributed by atoms with E-state index in [1.807, 2.05) is 35.0 Å². The van der Waals surface area contributed by atoms with Crippen molar-refractivity contribution in [1.29, 1.82) is 0 Å². The van der Waals surface area contributed by atoms with Crippen LogP contribution in [0, 0.1) is 5.82 Å². The van der Waals surface area contributed by atoms with Crippen molar-refractivity contribution >= 4 is 17.4 Å². The van der Waals surface area contributed by atoms with Gasteiger partial charge in [0.2, 0.25) is 5.91 Å². The van der Waals surface area contributed by atoms with Gasteiger partial charge in [-0.25, -0.2) is 4.39 Å². The Hall–Kier alpha value is -3.97. The van der Waals surface area contributed by atoms with Crippen molar-refractivity contribution in [3.8, 4) is 5.75 Å². The van der Waals surface area contributed by atoms with Crippen LogP contribution in [-0.2, 0) is 22.4 Å². The fourth-order valence-corrected chi connectivity index (χ4v) is 5.74. The van der Waals surface area contributed by atoms with E-state index in [1.54, 1.807) is 19.1 Å². The molecule has 0 radical (unpaired) electrons. The lowest BCUT2D eigenvalue weighted by atomic mass is 9.82. The van der Waals surface area contributed by atoms with Gasteiger partial charge in [0.1, 0.15) is 11.6 Å². The first-order valence-electron chi connectivity index (χ1n) is 14.4. The Bertz CT molecular complexity index is 1370. The number of hydrogen-bond acceptors (Lipinski definition) is 4. The molecule has 1 saturated heterocycles. The van der Waals surface area contributed by atoms with E-state index in [4.69, 9.17) is 4.74 Å². The van der Waals surface area contributed by atoms with E-state index >= 15 is 0 Å². The number of rotatable bonds is 10. The normalized spacial score (nSPS) is 18.3. The van der Waals surface area contributed by atoms with Crippen LogP contribution < -0.4 is 10.1 Å². The maximum absolute atomic E-state index is 13.9. The number of nitrogens with zero attached hydrogens (tertiary/aromatic N) is 2. The van der Waals surface area contributed by atoms with Crippen molar-refractivity contribution in [3.05, 3.63) is 107 Å². The van der Waals surface area contributed by atoms with E-state index in [0.29, 0.717) is 38.4 Å². The van der Waals surface area contributed by atoms with Gasteiger partial charge >= 0.3 is 0 Å². The van der Waals surface area contributed by atoms with Crippen molar-refractivity contribution in [2.75, 3.05) is 33.3 Å². The van der Waals surface area contributed by atoms with Gasteiger partial charge in [-0.05, 0) is 72.2 Å². The van der Waals surface area contributed by atoms with Gasteiger partial charge in [0.05, 0.1) is 12.6 Å². The minimum atomic E-state index is -0.273. The quantitative estimate of drug-likeness (QED) is 0.362. The summed E-state index contributed by atoms with van der Waals surface area (Å²) in [4.78, 5) is 29.9. The molecule has 0 saturated carbocycles. The number of carbonyl (C=O) groups is 2. The Morgan fingerprint density at radius 3 is 2.37 bits per heavy atom. The van der Waals surface area contributed by atoms with Crippen LogP contribution in [0.5, 0.6) is 5.75 Å². The molecule has 214 valence electrons. The molecule has 1 unspecified atom stereocenters. The van der Waals surface area contributed by atoms with Gasteiger partial charge in [-0.3, -0.25) is 9.59 Å². The average Bonchev–Trinajstić information content (AvgIpc) is 2.99. The molecular formula is C34H38FN3O3. The summed E-state index contributed by atoms with van der Waals surface area (Å²) in [5.41, 5.74) is 5.29. The first-order valence-corrected chi connectivity index (χ1v) is 14.4. The molecule has 0 spiro atoms. The third-order valence-corrected chi connectivity index (χ3v) is 8.00. The van der Waals surface area contributed by atoms with Crippen molar-refractivity contribution in [3.63, 3.8) is 0 Å². The van der Waals surface area contributed by atoms with E-state index in [2.05, 4.69) is 41.7 Å². The number of aryl methyl sites for hydroxylation is 1. The fraction of sp³-hybridized carbons (Fsp3) is 0.353. The predicted molar refractivity (Wildman–Crippen MR) is 159 cm³/mol.